The van der Waals surface area contributed by atoms with Crippen molar-refractivity contribution in [1.82, 2.24) is 0 Å². The van der Waals surface area contributed by atoms with Gasteiger partial charge in [-0.3, -0.25) is 0 Å². The van der Waals surface area contributed by atoms with Crippen LogP contribution in [0.1, 0.15) is 5.56 Å². The molecule has 0 saturated heterocycles. The molecule has 8 heteroatoms. The van der Waals surface area contributed by atoms with E-state index < -0.39 is 0 Å². The lowest BCUT2D eigenvalue weighted by Gasteiger charge is -2.28. The lowest BCUT2D eigenvalue weighted by molar-refractivity contribution is 0.415. The van der Waals surface area contributed by atoms with E-state index in [9.17, 15) is 0 Å². The number of methoxy groups -OCH3 is 2. The largest absolute Gasteiger partial charge is 0.497 e. The van der Waals surface area contributed by atoms with Crippen LogP contribution in [0.25, 0.3) is 32.3 Å². The van der Waals surface area contributed by atoms with E-state index in [0.717, 1.165) is 85.4 Å². The van der Waals surface area contributed by atoms with Gasteiger partial charge in [0, 0.05) is 112 Å². The van der Waals surface area contributed by atoms with Crippen LogP contribution in [0.4, 0.5) is 85.3 Å². The van der Waals surface area contributed by atoms with E-state index in [4.69, 9.17) is 9.47 Å². The van der Waals surface area contributed by atoms with Crippen molar-refractivity contribution in [2.24, 2.45) is 0 Å². The molecule has 0 aliphatic carbocycles. The second-order valence-electron chi connectivity index (χ2n) is 24.0. The summed E-state index contributed by atoms with van der Waals surface area (Å²) in [5.74, 6) is 1.71. The third kappa shape index (κ3) is 14.4. The molecule has 0 fully saturated rings. The van der Waals surface area contributed by atoms with Crippen molar-refractivity contribution in [3.8, 4) is 11.5 Å². The quantitative estimate of drug-likeness (QED) is 0.0893. The first-order chi connectivity index (χ1) is 48.2. The minimum absolute atomic E-state index is 0.849. The van der Waals surface area contributed by atoms with Gasteiger partial charge in [-0.15, -0.1) is 0 Å². The van der Waals surface area contributed by atoms with Crippen LogP contribution in [-0.2, 0) is 0 Å². The fourth-order valence-electron chi connectivity index (χ4n) is 12.6. The molecule has 0 unspecified atom stereocenters. The maximum absolute atomic E-state index is 5.39. The number of rotatable bonds is 17. The Kier molecular flexibility index (Phi) is 19.8. The van der Waals surface area contributed by atoms with Crippen LogP contribution in [0.5, 0.6) is 11.5 Å². The third-order valence-electron chi connectivity index (χ3n) is 17.8. The molecule has 15 aromatic rings. The molecule has 98 heavy (non-hydrogen) atoms. The fourth-order valence-corrected chi connectivity index (χ4v) is 12.6. The van der Waals surface area contributed by atoms with Crippen molar-refractivity contribution in [3.63, 3.8) is 0 Å². The van der Waals surface area contributed by atoms with Crippen molar-refractivity contribution in [1.29, 1.82) is 0 Å². The van der Waals surface area contributed by atoms with Crippen LogP contribution in [0, 0.1) is 6.92 Å². The molecular weight excluding hydrogens is 1200 g/mol. The lowest BCUT2D eigenvalue weighted by Crippen LogP contribution is -2.12. The molecule has 0 radical (unpaired) electrons. The zero-order chi connectivity index (χ0) is 67.2. The van der Waals surface area contributed by atoms with Gasteiger partial charge in [-0.25, -0.2) is 0 Å². The molecule has 8 nitrogen and oxygen atoms in total. The van der Waals surface area contributed by atoms with E-state index in [-0.39, 0.29) is 0 Å². The summed E-state index contributed by atoms with van der Waals surface area (Å²) in [6, 6.07) is 128. The summed E-state index contributed by atoms with van der Waals surface area (Å²) in [5.41, 5.74) is 18.3. The zero-order valence-electron chi connectivity index (χ0n) is 56.1. The summed E-state index contributed by atoms with van der Waals surface area (Å²) in [6.45, 7) is 2.13. The van der Waals surface area contributed by atoms with Crippen molar-refractivity contribution < 1.29 is 9.47 Å². The van der Waals surface area contributed by atoms with Crippen molar-refractivity contribution in [2.45, 2.75) is 6.92 Å². The second-order valence-corrected chi connectivity index (χ2v) is 24.0. The van der Waals surface area contributed by atoms with Crippen molar-refractivity contribution in [2.75, 3.05) is 64.8 Å². The summed E-state index contributed by atoms with van der Waals surface area (Å²) >= 11 is 0. The minimum atomic E-state index is 0.849. The maximum atomic E-state index is 5.39. The number of ether oxygens (including phenoxy) is 2. The molecule has 0 aromatic heterocycles. The van der Waals surface area contributed by atoms with Gasteiger partial charge in [-0.05, 0) is 205 Å². The maximum Gasteiger partial charge on any atom is 0.120 e. The lowest BCUT2D eigenvalue weighted by atomic mass is 10.1. The molecule has 0 amide bonds. The van der Waals surface area contributed by atoms with Gasteiger partial charge in [0.05, 0.1) is 31.3 Å². The molecule has 0 N–H and O–H groups in total. The molecular formula is C90H78N6O2. The van der Waals surface area contributed by atoms with Crippen molar-refractivity contribution >= 4 is 118 Å². The summed E-state index contributed by atoms with van der Waals surface area (Å²) in [5, 5.41) is 7.38. The third-order valence-corrected chi connectivity index (χ3v) is 17.8. The SMILES string of the molecule is COc1ccc(N(C)c2ccc(N(c3ccccc3)c3cccc4ccccc34)cc2)cc1.COc1cccc(N(C)c2ccc(N(c3ccccc3)c3cccc4ccccc34)cc2)c1.Cc1cccc(N(C)c2ccc(N(c3ccccc3)c3cccc4ccccc34)cc2)c1. The van der Waals surface area contributed by atoms with E-state index in [0.29, 0.717) is 0 Å². The Balaban J connectivity index is 0.000000132. The van der Waals surface area contributed by atoms with Crippen LogP contribution in [0.2, 0.25) is 0 Å². The first kappa shape index (κ1) is 64.2. The molecule has 0 aliphatic rings. The minimum Gasteiger partial charge on any atom is -0.497 e. The first-order valence-corrected chi connectivity index (χ1v) is 33.0. The van der Waals surface area contributed by atoms with Crippen LogP contribution in [-0.4, -0.2) is 35.4 Å². The van der Waals surface area contributed by atoms with Crippen LogP contribution in [0.15, 0.2) is 364 Å². The fraction of sp³-hybridized carbons (Fsp3) is 0.0667. The molecule has 0 spiro atoms. The molecule has 15 aromatic carbocycles. The van der Waals surface area contributed by atoms with Crippen LogP contribution >= 0.6 is 0 Å². The van der Waals surface area contributed by atoms with Gasteiger partial charge in [0.15, 0.2) is 0 Å². The average molecular weight is 1280 g/mol. The number of benzene rings is 15. The van der Waals surface area contributed by atoms with Gasteiger partial charge in [0.1, 0.15) is 11.5 Å². The topological polar surface area (TPSA) is 37.9 Å². The Labute approximate surface area is 576 Å². The monoisotopic (exact) mass is 1270 g/mol. The number of para-hydroxylation sites is 3. The average Bonchev–Trinajstić information content (AvgIpc) is 0.800. The molecule has 0 atom stereocenters. The molecule has 0 aliphatic heterocycles. The van der Waals surface area contributed by atoms with E-state index in [1.54, 1.807) is 14.2 Å². The normalized spacial score (nSPS) is 10.8. The van der Waals surface area contributed by atoms with E-state index in [1.807, 2.05) is 30.3 Å². The highest BCUT2D eigenvalue weighted by molar-refractivity contribution is 6.01. The summed E-state index contributed by atoms with van der Waals surface area (Å²) in [4.78, 5) is 13.5. The Hall–Kier alpha value is -12.5. The molecule has 0 saturated carbocycles. The van der Waals surface area contributed by atoms with E-state index in [2.05, 4.69) is 391 Å². The summed E-state index contributed by atoms with van der Waals surface area (Å²) in [6.07, 6.45) is 0. The Morgan fingerprint density at radius 1 is 0.204 bits per heavy atom. The number of nitrogens with zero attached hydrogens (tertiary/aromatic N) is 6. The number of anilines is 15. The van der Waals surface area contributed by atoms with E-state index in [1.165, 1.54) is 49.3 Å². The van der Waals surface area contributed by atoms with Gasteiger partial charge in [0.25, 0.3) is 0 Å². The highest BCUT2D eigenvalue weighted by Gasteiger charge is 2.20. The van der Waals surface area contributed by atoms with Gasteiger partial charge in [-0.1, -0.05) is 182 Å². The zero-order valence-corrected chi connectivity index (χ0v) is 56.1. The number of hydrogen-bond acceptors (Lipinski definition) is 8. The van der Waals surface area contributed by atoms with Gasteiger partial charge >= 0.3 is 0 Å². The number of hydrogen-bond donors (Lipinski definition) is 0. The smallest absolute Gasteiger partial charge is 0.120 e. The van der Waals surface area contributed by atoms with Gasteiger partial charge < -0.3 is 38.9 Å². The molecule has 480 valence electrons. The Bertz CT molecular complexity index is 5060. The van der Waals surface area contributed by atoms with Crippen molar-refractivity contribution in [3.05, 3.63) is 370 Å². The van der Waals surface area contributed by atoms with Crippen LogP contribution in [0.3, 0.4) is 0 Å². The highest BCUT2D eigenvalue weighted by Crippen LogP contribution is 2.44. The predicted molar refractivity (Wildman–Crippen MR) is 417 cm³/mol. The van der Waals surface area contributed by atoms with Gasteiger partial charge in [-0.2, -0.15) is 0 Å². The van der Waals surface area contributed by atoms with Crippen LogP contribution < -0.4 is 38.9 Å². The first-order valence-electron chi connectivity index (χ1n) is 33.0. The predicted octanol–water partition coefficient (Wildman–Crippen LogP) is 24.6. The molecule has 15 rings (SSSR count). The number of fused-ring (bicyclic) bond motifs is 3. The standard InChI is InChI=1S/2C30H26N2O.C30H26N2/c1-31(27-14-9-15-28(22-27)33-2)24-18-20-26(21-19-24)32(25-12-4-3-5-13-25)30-17-8-11-23-10-6-7-16-29(23)30;1-31(25-19-21-28(33-2)22-20-25)24-15-17-27(18-16-24)32(26-11-4-3-5-12-26)30-14-8-10-23-9-6-7-13-29(23)30;1-23-10-8-15-28(22-23)31(2)25-18-20-27(21-19-25)32(26-13-4-3-5-14-26)30-17-9-12-24-11-6-7-16-29(24)30/h2*3-22H,1-2H3;3-22H,1-2H3. The van der Waals surface area contributed by atoms with E-state index >= 15 is 0 Å². The second kappa shape index (κ2) is 30.3. The Morgan fingerprint density at radius 3 is 0.806 bits per heavy atom. The summed E-state index contributed by atoms with van der Waals surface area (Å²) in [7, 11) is 9.65. The molecule has 0 bridgehead atoms. The summed E-state index contributed by atoms with van der Waals surface area (Å²) < 4.78 is 10.7. The molecule has 0 heterocycles. The number of aryl methyl sites for hydroxylation is 1. The van der Waals surface area contributed by atoms with Gasteiger partial charge in [0.2, 0.25) is 0 Å². The Morgan fingerprint density at radius 2 is 0.459 bits per heavy atom. The highest BCUT2D eigenvalue weighted by atomic mass is 16.5.